The van der Waals surface area contributed by atoms with E-state index >= 15 is 0 Å². The molecule has 3 aliphatic rings. The Hall–Kier alpha value is -2.94. The third-order valence-electron chi connectivity index (χ3n) is 7.76. The standard InChI is InChI=1S/C27H38N4O5/c32-17-8-5-12-20-23(33)30-27(14-6-2-7-15-27)26(36)29-21(18-19-10-3-1-4-11-19)25(35)31-16-9-13-22(31)24(34)28-20/h1,3-4,10-11,20-22,32H,2,5-9,12-18H2,(H,28,34)(H,29,36)(H,30,33)/t20-,21-,22+/m0/s1. The molecule has 4 N–H and O–H groups in total. The first-order valence-corrected chi connectivity index (χ1v) is 13.3. The van der Waals surface area contributed by atoms with E-state index in [1.54, 1.807) is 4.90 Å². The number of amides is 4. The minimum atomic E-state index is -1.12. The molecule has 9 heteroatoms. The highest BCUT2D eigenvalue weighted by Crippen LogP contribution is 2.30. The van der Waals surface area contributed by atoms with Crippen molar-refractivity contribution in [2.75, 3.05) is 13.2 Å². The van der Waals surface area contributed by atoms with Gasteiger partial charge in [-0.3, -0.25) is 19.2 Å². The molecule has 2 saturated heterocycles. The monoisotopic (exact) mass is 498 g/mol. The molecule has 3 atom stereocenters. The molecule has 0 radical (unpaired) electrons. The highest BCUT2D eigenvalue weighted by atomic mass is 16.3. The summed E-state index contributed by atoms with van der Waals surface area (Å²) in [4.78, 5) is 55.9. The number of hydrogen-bond acceptors (Lipinski definition) is 5. The van der Waals surface area contributed by atoms with Crippen LogP contribution in [0.4, 0.5) is 0 Å². The van der Waals surface area contributed by atoms with Crippen LogP contribution in [0.1, 0.15) is 69.8 Å². The molecule has 1 aliphatic carbocycles. The van der Waals surface area contributed by atoms with Gasteiger partial charge in [-0.15, -0.1) is 0 Å². The number of nitrogens with one attached hydrogen (secondary N) is 3. The van der Waals surface area contributed by atoms with E-state index in [-0.39, 0.29) is 30.2 Å². The van der Waals surface area contributed by atoms with Crippen molar-refractivity contribution in [1.29, 1.82) is 0 Å². The second-order valence-corrected chi connectivity index (χ2v) is 10.3. The Morgan fingerprint density at radius 1 is 0.889 bits per heavy atom. The van der Waals surface area contributed by atoms with E-state index < -0.39 is 23.7 Å². The van der Waals surface area contributed by atoms with Gasteiger partial charge in [0.05, 0.1) is 0 Å². The smallest absolute Gasteiger partial charge is 0.246 e. The fourth-order valence-corrected chi connectivity index (χ4v) is 5.73. The van der Waals surface area contributed by atoms with Crippen LogP contribution in [0.2, 0.25) is 0 Å². The van der Waals surface area contributed by atoms with Gasteiger partial charge in [0.2, 0.25) is 23.6 Å². The zero-order valence-electron chi connectivity index (χ0n) is 20.8. The van der Waals surface area contributed by atoms with E-state index in [0.717, 1.165) is 24.8 Å². The van der Waals surface area contributed by atoms with Gasteiger partial charge in [-0.1, -0.05) is 49.6 Å². The Bertz CT molecular complexity index is 947. The molecule has 1 aromatic carbocycles. The molecule has 1 saturated carbocycles. The summed E-state index contributed by atoms with van der Waals surface area (Å²) in [6, 6.07) is 7.18. The molecule has 3 fully saturated rings. The second-order valence-electron chi connectivity index (χ2n) is 10.3. The molecule has 0 bridgehead atoms. The van der Waals surface area contributed by atoms with Crippen LogP contribution in [0.3, 0.4) is 0 Å². The van der Waals surface area contributed by atoms with Gasteiger partial charge in [0.15, 0.2) is 0 Å². The quantitative estimate of drug-likeness (QED) is 0.438. The first kappa shape index (κ1) is 26.1. The van der Waals surface area contributed by atoms with E-state index in [2.05, 4.69) is 16.0 Å². The Kier molecular flexibility index (Phi) is 8.61. The number of carbonyl (C=O) groups is 4. The summed E-state index contributed by atoms with van der Waals surface area (Å²) in [6.45, 7) is 0.437. The molecule has 2 heterocycles. The molecule has 196 valence electrons. The Morgan fingerprint density at radius 3 is 2.36 bits per heavy atom. The van der Waals surface area contributed by atoms with Crippen molar-refractivity contribution in [1.82, 2.24) is 20.9 Å². The summed E-state index contributed by atoms with van der Waals surface area (Å²) in [5, 5.41) is 18.1. The predicted molar refractivity (Wildman–Crippen MR) is 134 cm³/mol. The molecule has 1 spiro atoms. The van der Waals surface area contributed by atoms with Crippen molar-refractivity contribution in [3.05, 3.63) is 35.9 Å². The van der Waals surface area contributed by atoms with Crippen molar-refractivity contribution in [3.63, 3.8) is 0 Å². The van der Waals surface area contributed by atoms with Gasteiger partial charge >= 0.3 is 0 Å². The van der Waals surface area contributed by atoms with Gasteiger partial charge in [-0.2, -0.15) is 0 Å². The number of nitrogens with zero attached hydrogens (tertiary/aromatic N) is 1. The summed E-state index contributed by atoms with van der Waals surface area (Å²) in [7, 11) is 0. The number of benzene rings is 1. The first-order valence-electron chi connectivity index (χ1n) is 13.3. The van der Waals surface area contributed by atoms with Crippen LogP contribution in [0.25, 0.3) is 0 Å². The number of carbonyl (C=O) groups excluding carboxylic acids is 4. The summed E-state index contributed by atoms with van der Waals surface area (Å²) in [5.41, 5.74) is -0.206. The maximum atomic E-state index is 13.8. The number of unbranched alkanes of at least 4 members (excludes halogenated alkanes) is 1. The minimum Gasteiger partial charge on any atom is -0.396 e. The molecule has 0 aromatic heterocycles. The number of fused-ring (bicyclic) bond motifs is 1. The second kappa shape index (κ2) is 11.9. The highest BCUT2D eigenvalue weighted by molar-refractivity contribution is 5.99. The fourth-order valence-electron chi connectivity index (χ4n) is 5.73. The summed E-state index contributed by atoms with van der Waals surface area (Å²) in [5.74, 6) is -1.32. The van der Waals surface area contributed by atoms with Crippen LogP contribution in [-0.4, -0.2) is 70.5 Å². The third kappa shape index (κ3) is 5.88. The molecule has 1 aromatic rings. The maximum absolute atomic E-state index is 13.8. The van der Waals surface area contributed by atoms with E-state index in [1.807, 2.05) is 30.3 Å². The van der Waals surface area contributed by atoms with E-state index in [1.165, 1.54) is 0 Å². The maximum Gasteiger partial charge on any atom is 0.246 e. The summed E-state index contributed by atoms with van der Waals surface area (Å²) >= 11 is 0. The van der Waals surface area contributed by atoms with Crippen molar-refractivity contribution >= 4 is 23.6 Å². The van der Waals surface area contributed by atoms with Gasteiger partial charge in [0.25, 0.3) is 0 Å². The van der Waals surface area contributed by atoms with Crippen LogP contribution in [0.15, 0.2) is 30.3 Å². The van der Waals surface area contributed by atoms with Gasteiger partial charge < -0.3 is 26.0 Å². The van der Waals surface area contributed by atoms with Crippen LogP contribution in [0.5, 0.6) is 0 Å². The fraction of sp³-hybridized carbons (Fsp3) is 0.630. The van der Waals surface area contributed by atoms with Crippen molar-refractivity contribution in [3.8, 4) is 0 Å². The molecular weight excluding hydrogens is 460 g/mol. The molecule has 0 unspecified atom stereocenters. The Morgan fingerprint density at radius 2 is 1.64 bits per heavy atom. The van der Waals surface area contributed by atoms with Crippen molar-refractivity contribution in [2.45, 2.75) is 94.3 Å². The molecule has 2 aliphatic heterocycles. The molecule has 4 rings (SSSR count). The average molecular weight is 499 g/mol. The van der Waals surface area contributed by atoms with Crippen LogP contribution in [-0.2, 0) is 25.6 Å². The highest BCUT2D eigenvalue weighted by Gasteiger charge is 2.46. The molecule has 4 amide bonds. The van der Waals surface area contributed by atoms with E-state index in [0.29, 0.717) is 57.9 Å². The summed E-state index contributed by atoms with van der Waals surface area (Å²) < 4.78 is 0. The van der Waals surface area contributed by atoms with Crippen LogP contribution >= 0.6 is 0 Å². The Labute approximate surface area is 212 Å². The lowest BCUT2D eigenvalue weighted by Crippen LogP contribution is -2.67. The summed E-state index contributed by atoms with van der Waals surface area (Å²) in [6.07, 6.45) is 6.46. The van der Waals surface area contributed by atoms with E-state index in [4.69, 9.17) is 0 Å². The molecule has 36 heavy (non-hydrogen) atoms. The molecular formula is C27H38N4O5. The van der Waals surface area contributed by atoms with Gasteiger partial charge in [0.1, 0.15) is 23.7 Å². The first-order chi connectivity index (χ1) is 17.4. The average Bonchev–Trinajstić information content (AvgIpc) is 3.38. The predicted octanol–water partition coefficient (Wildman–Crippen LogP) is 1.19. The zero-order chi connectivity index (χ0) is 25.5. The zero-order valence-corrected chi connectivity index (χ0v) is 20.8. The lowest BCUT2D eigenvalue weighted by molar-refractivity contribution is -0.145. The van der Waals surface area contributed by atoms with Crippen molar-refractivity contribution < 1.29 is 24.3 Å². The normalized spacial score (nSPS) is 26.9. The lowest BCUT2D eigenvalue weighted by atomic mass is 9.80. The number of aliphatic hydroxyl groups is 1. The number of aliphatic hydroxyl groups excluding tert-OH is 1. The van der Waals surface area contributed by atoms with Gasteiger partial charge in [-0.05, 0) is 50.5 Å². The van der Waals surface area contributed by atoms with Crippen LogP contribution in [0, 0.1) is 0 Å². The van der Waals surface area contributed by atoms with E-state index in [9.17, 15) is 24.3 Å². The third-order valence-corrected chi connectivity index (χ3v) is 7.76. The largest absolute Gasteiger partial charge is 0.396 e. The Balaban J connectivity index is 1.67. The van der Waals surface area contributed by atoms with Gasteiger partial charge in [-0.25, -0.2) is 0 Å². The number of hydrogen-bond donors (Lipinski definition) is 4. The lowest BCUT2D eigenvalue weighted by Gasteiger charge is -2.40. The molecule has 9 nitrogen and oxygen atoms in total. The SMILES string of the molecule is O=C1NC2(CCCCC2)C(=O)N[C@@H](Cc2ccccc2)C(=O)N2CCC[C@@H]2C(=O)N[C@H]1CCCCO. The topological polar surface area (TPSA) is 128 Å². The minimum absolute atomic E-state index is 0.00232. The van der Waals surface area contributed by atoms with Crippen LogP contribution < -0.4 is 16.0 Å². The van der Waals surface area contributed by atoms with Gasteiger partial charge in [0, 0.05) is 19.6 Å². The van der Waals surface area contributed by atoms with Crippen molar-refractivity contribution in [2.24, 2.45) is 0 Å². The number of rotatable bonds is 6.